The molecule has 0 radical (unpaired) electrons. The Morgan fingerprint density at radius 3 is 2.44 bits per heavy atom. The van der Waals surface area contributed by atoms with Gasteiger partial charge in [-0.1, -0.05) is 19.3 Å². The van der Waals surface area contributed by atoms with Crippen LogP contribution in [0.5, 0.6) is 0 Å². The minimum Gasteiger partial charge on any atom is -0.368 e. The van der Waals surface area contributed by atoms with E-state index in [9.17, 15) is 4.79 Å². The minimum atomic E-state index is -0.619. The molecule has 1 aliphatic rings. The van der Waals surface area contributed by atoms with Crippen molar-refractivity contribution in [2.45, 2.75) is 50.6 Å². The van der Waals surface area contributed by atoms with Crippen LogP contribution in [-0.4, -0.2) is 43.0 Å². The van der Waals surface area contributed by atoms with E-state index < -0.39 is 5.54 Å². The Labute approximate surface area is 98.6 Å². The quantitative estimate of drug-likeness (QED) is 0.727. The van der Waals surface area contributed by atoms with Gasteiger partial charge >= 0.3 is 0 Å². The normalized spacial score (nSPS) is 22.0. The second-order valence-corrected chi connectivity index (χ2v) is 5.15. The Balaban J connectivity index is 2.53. The highest BCUT2D eigenvalue weighted by Crippen LogP contribution is 2.22. The summed E-state index contributed by atoms with van der Waals surface area (Å²) in [5, 5.41) is 3.03. The van der Waals surface area contributed by atoms with Crippen LogP contribution in [0, 0.1) is 0 Å². The number of likely N-dealkylation sites (N-methyl/N-ethyl adjacent to an activating group) is 2. The SMILES string of the molecule is CNC(C)(CN(C)C1CCCCC1)C(N)=O. The number of hydrogen-bond acceptors (Lipinski definition) is 3. The van der Waals surface area contributed by atoms with Crippen LogP contribution >= 0.6 is 0 Å². The largest absolute Gasteiger partial charge is 0.368 e. The lowest BCUT2D eigenvalue weighted by molar-refractivity contribution is -0.124. The monoisotopic (exact) mass is 227 g/mol. The molecule has 0 spiro atoms. The van der Waals surface area contributed by atoms with Gasteiger partial charge in [0.05, 0.1) is 0 Å². The Bertz CT molecular complexity index is 238. The number of carbonyl (C=O) groups excluding carboxylic acids is 1. The minimum absolute atomic E-state index is 0.280. The zero-order chi connectivity index (χ0) is 12.2. The zero-order valence-corrected chi connectivity index (χ0v) is 10.8. The van der Waals surface area contributed by atoms with Crippen LogP contribution in [-0.2, 0) is 4.79 Å². The fraction of sp³-hybridized carbons (Fsp3) is 0.917. The van der Waals surface area contributed by atoms with Crippen molar-refractivity contribution in [3.63, 3.8) is 0 Å². The topological polar surface area (TPSA) is 58.4 Å². The number of nitrogens with zero attached hydrogens (tertiary/aromatic N) is 1. The van der Waals surface area contributed by atoms with E-state index in [1.165, 1.54) is 32.1 Å². The van der Waals surface area contributed by atoms with Crippen molar-refractivity contribution in [1.29, 1.82) is 0 Å². The van der Waals surface area contributed by atoms with Crippen molar-refractivity contribution < 1.29 is 4.79 Å². The molecule has 0 heterocycles. The van der Waals surface area contributed by atoms with E-state index in [0.717, 1.165) is 0 Å². The molecule has 1 rings (SSSR count). The summed E-state index contributed by atoms with van der Waals surface area (Å²) in [6, 6.07) is 0.612. The van der Waals surface area contributed by atoms with Crippen molar-refractivity contribution in [3.8, 4) is 0 Å². The summed E-state index contributed by atoms with van der Waals surface area (Å²) in [5.41, 5.74) is 4.81. The summed E-state index contributed by atoms with van der Waals surface area (Å²) in [7, 11) is 3.88. The summed E-state index contributed by atoms with van der Waals surface area (Å²) in [6.45, 7) is 2.55. The standard InChI is InChI=1S/C12H25N3O/c1-12(14-2,11(13)16)9-15(3)10-7-5-4-6-8-10/h10,14H,4-9H2,1-3H3,(H2,13,16). The molecule has 1 amide bonds. The Morgan fingerprint density at radius 2 is 2.00 bits per heavy atom. The molecule has 0 aromatic heterocycles. The van der Waals surface area contributed by atoms with Crippen molar-refractivity contribution in [1.82, 2.24) is 10.2 Å². The third-order valence-corrected chi connectivity index (χ3v) is 3.86. The molecule has 0 aromatic carbocycles. The molecular weight excluding hydrogens is 202 g/mol. The van der Waals surface area contributed by atoms with E-state index >= 15 is 0 Å². The molecule has 94 valence electrons. The van der Waals surface area contributed by atoms with Crippen molar-refractivity contribution in [2.75, 3.05) is 20.6 Å². The molecule has 1 fully saturated rings. The van der Waals surface area contributed by atoms with Gasteiger partial charge in [-0.05, 0) is 33.9 Å². The highest BCUT2D eigenvalue weighted by atomic mass is 16.1. The average Bonchev–Trinajstić information content (AvgIpc) is 2.29. The highest BCUT2D eigenvalue weighted by molar-refractivity contribution is 5.84. The van der Waals surface area contributed by atoms with Crippen LogP contribution in [0.15, 0.2) is 0 Å². The Kier molecular flexibility index (Phi) is 4.74. The highest BCUT2D eigenvalue weighted by Gasteiger charge is 2.32. The third kappa shape index (κ3) is 3.19. The van der Waals surface area contributed by atoms with Crippen LogP contribution < -0.4 is 11.1 Å². The molecule has 0 aliphatic heterocycles. The van der Waals surface area contributed by atoms with E-state index in [0.29, 0.717) is 12.6 Å². The van der Waals surface area contributed by atoms with Crippen molar-refractivity contribution in [2.24, 2.45) is 5.73 Å². The summed E-state index contributed by atoms with van der Waals surface area (Å²) >= 11 is 0. The molecule has 1 aliphatic carbocycles. The summed E-state index contributed by atoms with van der Waals surface area (Å²) in [4.78, 5) is 13.7. The van der Waals surface area contributed by atoms with Gasteiger partial charge in [0.1, 0.15) is 5.54 Å². The van der Waals surface area contributed by atoms with Gasteiger partial charge in [-0.3, -0.25) is 4.79 Å². The fourth-order valence-electron chi connectivity index (χ4n) is 2.43. The van der Waals surface area contributed by atoms with Gasteiger partial charge in [0, 0.05) is 12.6 Å². The van der Waals surface area contributed by atoms with Gasteiger partial charge in [-0.25, -0.2) is 0 Å². The van der Waals surface area contributed by atoms with Crippen LogP contribution in [0.3, 0.4) is 0 Å². The van der Waals surface area contributed by atoms with E-state index in [-0.39, 0.29) is 5.91 Å². The number of rotatable bonds is 5. The zero-order valence-electron chi connectivity index (χ0n) is 10.8. The molecule has 4 heteroatoms. The molecule has 1 saturated carbocycles. The van der Waals surface area contributed by atoms with Gasteiger partial charge in [-0.2, -0.15) is 0 Å². The first-order valence-corrected chi connectivity index (χ1v) is 6.18. The number of nitrogens with two attached hydrogens (primary N) is 1. The van der Waals surface area contributed by atoms with E-state index in [2.05, 4.69) is 17.3 Å². The molecular formula is C12H25N3O. The Morgan fingerprint density at radius 1 is 1.44 bits per heavy atom. The van der Waals surface area contributed by atoms with Gasteiger partial charge in [0.15, 0.2) is 0 Å². The second-order valence-electron chi connectivity index (χ2n) is 5.15. The molecule has 16 heavy (non-hydrogen) atoms. The van der Waals surface area contributed by atoms with E-state index in [4.69, 9.17) is 5.73 Å². The maximum absolute atomic E-state index is 11.4. The molecule has 1 unspecified atom stereocenters. The molecule has 3 N–H and O–H groups in total. The van der Waals surface area contributed by atoms with Crippen LogP contribution in [0.2, 0.25) is 0 Å². The van der Waals surface area contributed by atoms with E-state index in [1.807, 2.05) is 6.92 Å². The van der Waals surface area contributed by atoms with Crippen molar-refractivity contribution >= 4 is 5.91 Å². The van der Waals surface area contributed by atoms with Crippen LogP contribution in [0.25, 0.3) is 0 Å². The van der Waals surface area contributed by atoms with E-state index in [1.54, 1.807) is 7.05 Å². The number of carbonyl (C=O) groups is 1. The van der Waals surface area contributed by atoms with Crippen molar-refractivity contribution in [3.05, 3.63) is 0 Å². The summed E-state index contributed by atoms with van der Waals surface area (Å²) in [6.07, 6.45) is 6.46. The predicted molar refractivity (Wildman–Crippen MR) is 66.2 cm³/mol. The first kappa shape index (κ1) is 13.5. The molecule has 0 aromatic rings. The first-order chi connectivity index (χ1) is 7.49. The van der Waals surface area contributed by atoms with Crippen LogP contribution in [0.1, 0.15) is 39.0 Å². The predicted octanol–water partition coefficient (Wildman–Crippen LogP) is 0.714. The number of nitrogens with one attached hydrogen (secondary N) is 1. The molecule has 0 saturated heterocycles. The van der Waals surface area contributed by atoms with Crippen LogP contribution in [0.4, 0.5) is 0 Å². The van der Waals surface area contributed by atoms with Gasteiger partial charge in [-0.15, -0.1) is 0 Å². The third-order valence-electron chi connectivity index (χ3n) is 3.86. The second kappa shape index (κ2) is 5.64. The number of amides is 1. The molecule has 4 nitrogen and oxygen atoms in total. The number of hydrogen-bond donors (Lipinski definition) is 2. The smallest absolute Gasteiger partial charge is 0.238 e. The lowest BCUT2D eigenvalue weighted by Crippen LogP contribution is -2.59. The lowest BCUT2D eigenvalue weighted by Gasteiger charge is -2.37. The summed E-state index contributed by atoms with van der Waals surface area (Å²) in [5.74, 6) is -0.280. The Hall–Kier alpha value is -0.610. The lowest BCUT2D eigenvalue weighted by atomic mass is 9.92. The fourth-order valence-corrected chi connectivity index (χ4v) is 2.43. The first-order valence-electron chi connectivity index (χ1n) is 6.18. The molecule has 1 atom stereocenters. The number of primary amides is 1. The van der Waals surface area contributed by atoms with Gasteiger partial charge in [0.2, 0.25) is 5.91 Å². The average molecular weight is 227 g/mol. The molecule has 0 bridgehead atoms. The maximum atomic E-state index is 11.4. The van der Waals surface area contributed by atoms with Gasteiger partial charge in [0.25, 0.3) is 0 Å². The van der Waals surface area contributed by atoms with Gasteiger partial charge < -0.3 is 16.0 Å². The maximum Gasteiger partial charge on any atom is 0.238 e. The summed E-state index contributed by atoms with van der Waals surface area (Å²) < 4.78 is 0.